The van der Waals surface area contributed by atoms with Crippen molar-refractivity contribution in [3.05, 3.63) is 35.4 Å². The Hall–Kier alpha value is -4.85. The minimum absolute atomic E-state index is 0.0685. The first-order valence-corrected chi connectivity index (χ1v) is 19.6. The molecule has 6 aliphatic rings. The smallest absolute Gasteiger partial charge is 0.407 e. The summed E-state index contributed by atoms with van der Waals surface area (Å²) in [6.07, 6.45) is 4.75. The monoisotopic (exact) mass is 740 g/mol. The van der Waals surface area contributed by atoms with Crippen LogP contribution in [-0.2, 0) is 36.8 Å². The number of anilines is 4. The number of carbonyl (C=O) groups is 5. The molecule has 0 radical (unpaired) electrons. The third-order valence-corrected chi connectivity index (χ3v) is 11.9. The van der Waals surface area contributed by atoms with Gasteiger partial charge in [-0.25, -0.2) is 4.79 Å². The van der Waals surface area contributed by atoms with Gasteiger partial charge in [0.25, 0.3) is 0 Å². The summed E-state index contributed by atoms with van der Waals surface area (Å²) in [5.41, 5.74) is 8.07. The van der Waals surface area contributed by atoms with E-state index < -0.39 is 23.8 Å². The van der Waals surface area contributed by atoms with Crippen LogP contribution < -0.4 is 40.9 Å². The number of alkyl carbamates (subject to hydrolysis) is 1. The molecule has 14 heteroatoms. The number of hydrogen-bond acceptors (Lipinski definition) is 11. The zero-order chi connectivity index (χ0) is 37.9. The molecule has 2 aromatic rings. The molecule has 2 aromatic carbocycles. The van der Waals surface area contributed by atoms with Crippen LogP contribution >= 0.6 is 0 Å². The number of carbonyl (C=O) groups excluding carboxylic acids is 5. The minimum atomic E-state index is -0.590. The minimum Gasteiger partial charge on any atom is -0.444 e. The van der Waals surface area contributed by atoms with Crippen LogP contribution in [0.25, 0.3) is 11.1 Å². The maximum atomic E-state index is 13.2. The number of ether oxygens (including phenoxy) is 1. The van der Waals surface area contributed by atoms with Crippen molar-refractivity contribution < 1.29 is 28.7 Å². The first kappa shape index (κ1) is 36.1. The van der Waals surface area contributed by atoms with E-state index in [-0.39, 0.29) is 29.7 Å². The van der Waals surface area contributed by atoms with Crippen LogP contribution in [0.15, 0.2) is 24.3 Å². The van der Waals surface area contributed by atoms with E-state index in [0.717, 1.165) is 72.5 Å². The third-order valence-electron chi connectivity index (χ3n) is 11.9. The van der Waals surface area contributed by atoms with Crippen LogP contribution in [0.1, 0.15) is 70.4 Å². The number of fused-ring (bicyclic) bond motifs is 2. The summed E-state index contributed by atoms with van der Waals surface area (Å²) in [4.78, 5) is 72.3. The highest BCUT2D eigenvalue weighted by Crippen LogP contribution is 2.47. The summed E-state index contributed by atoms with van der Waals surface area (Å²) in [6, 6.07) is 8.47. The van der Waals surface area contributed by atoms with Crippen molar-refractivity contribution in [2.75, 3.05) is 65.9 Å². The average Bonchev–Trinajstić information content (AvgIpc) is 3.73. The van der Waals surface area contributed by atoms with Crippen molar-refractivity contribution in [1.82, 2.24) is 21.3 Å². The van der Waals surface area contributed by atoms with Gasteiger partial charge in [-0.3, -0.25) is 29.8 Å². The molecule has 288 valence electrons. The summed E-state index contributed by atoms with van der Waals surface area (Å²) in [5.74, 6) is -0.966. The highest BCUT2D eigenvalue weighted by molar-refractivity contribution is 6.03. The number of hydrogen-bond donors (Lipinski definition) is 4. The molecule has 0 aliphatic carbocycles. The van der Waals surface area contributed by atoms with E-state index in [9.17, 15) is 24.0 Å². The van der Waals surface area contributed by atoms with E-state index >= 15 is 0 Å². The molecule has 0 spiro atoms. The van der Waals surface area contributed by atoms with Crippen LogP contribution in [0.5, 0.6) is 0 Å². The highest BCUT2D eigenvalue weighted by atomic mass is 16.6. The van der Waals surface area contributed by atoms with Crippen molar-refractivity contribution in [2.24, 2.45) is 0 Å². The van der Waals surface area contributed by atoms with E-state index in [1.165, 1.54) is 11.3 Å². The average molecular weight is 741 g/mol. The van der Waals surface area contributed by atoms with E-state index in [1.54, 1.807) is 0 Å². The Morgan fingerprint density at radius 2 is 1.15 bits per heavy atom. The number of benzene rings is 2. The fourth-order valence-electron chi connectivity index (χ4n) is 9.17. The van der Waals surface area contributed by atoms with Crippen molar-refractivity contribution in [1.29, 1.82) is 0 Å². The SMILES string of the molecule is CNC1CCN(c2cc(-c3cc(N4CC(NC(=O)OC(C)(C)C)C4)c4c(c3)N([C@H]3CCC(=O)NC3=O)CC4)cc3c2CCN3C2CCC(=O)NC2=O)CC1. The molecule has 0 aromatic heterocycles. The standard InChI is InChI=1S/C40H52N8O6/c1-40(2,3)54-39(53)42-26-21-46(22-26)32-18-24(20-34-28(32)12-16-48(34)30-6-8-36(50)44-38(30)52)23-17-31(45-13-9-25(41-4)10-14-45)27-11-15-47(33(27)19-23)29-5-7-35(49)43-37(29)51/h17-20,25-26,29-30,41H,5-16,21-22H2,1-4H3,(H,42,53)(H,43,49,51)(H,44,50,52)/t29?,30-/m0/s1. The molecule has 0 saturated carbocycles. The molecular weight excluding hydrogens is 688 g/mol. The van der Waals surface area contributed by atoms with Crippen molar-refractivity contribution >= 4 is 52.5 Å². The number of nitrogens with one attached hydrogen (secondary N) is 4. The van der Waals surface area contributed by atoms with E-state index in [0.29, 0.717) is 57.9 Å². The molecule has 1 unspecified atom stereocenters. The Balaban J connectivity index is 1.19. The Kier molecular flexibility index (Phi) is 9.43. The molecule has 8 rings (SSSR count). The van der Waals surface area contributed by atoms with E-state index in [1.807, 2.05) is 27.8 Å². The molecule has 0 bridgehead atoms. The van der Waals surface area contributed by atoms with Gasteiger partial charge in [0, 0.05) is 92.0 Å². The molecule has 4 saturated heterocycles. The lowest BCUT2D eigenvalue weighted by atomic mass is 9.94. The molecule has 4 N–H and O–H groups in total. The van der Waals surface area contributed by atoms with Gasteiger partial charge >= 0.3 is 6.09 Å². The fraction of sp³-hybridized carbons (Fsp3) is 0.575. The summed E-state index contributed by atoms with van der Waals surface area (Å²) in [6.45, 7) is 9.97. The van der Waals surface area contributed by atoms with Gasteiger partial charge in [0.15, 0.2) is 0 Å². The van der Waals surface area contributed by atoms with Crippen LogP contribution in [-0.4, -0.2) is 106 Å². The fourth-order valence-corrected chi connectivity index (χ4v) is 9.17. The molecular formula is C40H52N8O6. The van der Waals surface area contributed by atoms with Gasteiger partial charge in [0.1, 0.15) is 17.7 Å². The van der Waals surface area contributed by atoms with Crippen LogP contribution in [0, 0.1) is 0 Å². The van der Waals surface area contributed by atoms with Crippen molar-refractivity contribution in [3.8, 4) is 11.1 Å². The molecule has 2 atom stereocenters. The van der Waals surface area contributed by atoms with Crippen LogP contribution in [0.2, 0.25) is 0 Å². The predicted molar refractivity (Wildman–Crippen MR) is 206 cm³/mol. The quantitative estimate of drug-likeness (QED) is 0.310. The van der Waals surface area contributed by atoms with Crippen LogP contribution in [0.4, 0.5) is 27.5 Å². The summed E-state index contributed by atoms with van der Waals surface area (Å²) in [7, 11) is 2.02. The largest absolute Gasteiger partial charge is 0.444 e. The second-order valence-electron chi connectivity index (χ2n) is 16.6. The first-order chi connectivity index (χ1) is 25.8. The van der Waals surface area contributed by atoms with Gasteiger partial charge in [0.2, 0.25) is 23.6 Å². The Morgan fingerprint density at radius 3 is 1.61 bits per heavy atom. The van der Waals surface area contributed by atoms with Crippen LogP contribution in [0.3, 0.4) is 0 Å². The normalized spacial score (nSPS) is 23.6. The van der Waals surface area contributed by atoms with Crippen molar-refractivity contribution in [2.45, 2.75) is 102 Å². The second kappa shape index (κ2) is 14.1. The molecule has 4 fully saturated rings. The molecule has 54 heavy (non-hydrogen) atoms. The predicted octanol–water partition coefficient (Wildman–Crippen LogP) is 2.59. The third kappa shape index (κ3) is 6.96. The van der Waals surface area contributed by atoms with Gasteiger partial charge in [-0.05, 0) is 102 Å². The van der Waals surface area contributed by atoms with E-state index in [2.05, 4.69) is 65.1 Å². The lowest BCUT2D eigenvalue weighted by Gasteiger charge is -2.42. The van der Waals surface area contributed by atoms with Gasteiger partial charge < -0.3 is 35.0 Å². The van der Waals surface area contributed by atoms with Gasteiger partial charge in [-0.1, -0.05) is 0 Å². The molecule has 14 nitrogen and oxygen atoms in total. The zero-order valence-electron chi connectivity index (χ0n) is 31.8. The number of piperidine rings is 3. The number of nitrogens with zero attached hydrogens (tertiary/aromatic N) is 4. The highest BCUT2D eigenvalue weighted by Gasteiger charge is 2.40. The Bertz CT molecular complexity index is 1880. The van der Waals surface area contributed by atoms with Gasteiger partial charge in [-0.15, -0.1) is 0 Å². The number of rotatable bonds is 7. The Labute approximate surface area is 316 Å². The first-order valence-electron chi connectivity index (χ1n) is 19.6. The zero-order valence-corrected chi connectivity index (χ0v) is 31.8. The Morgan fingerprint density at radius 1 is 0.667 bits per heavy atom. The van der Waals surface area contributed by atoms with Crippen molar-refractivity contribution in [3.63, 3.8) is 0 Å². The van der Waals surface area contributed by atoms with Gasteiger partial charge in [0.05, 0.1) is 6.04 Å². The maximum Gasteiger partial charge on any atom is 0.407 e. The molecule has 6 aliphatic heterocycles. The second-order valence-corrected chi connectivity index (χ2v) is 16.6. The summed E-state index contributed by atoms with van der Waals surface area (Å²) in [5, 5.41) is 11.6. The lowest BCUT2D eigenvalue weighted by Crippen LogP contribution is -2.60. The topological polar surface area (TPSA) is 156 Å². The van der Waals surface area contributed by atoms with Gasteiger partial charge in [-0.2, -0.15) is 0 Å². The summed E-state index contributed by atoms with van der Waals surface area (Å²) >= 11 is 0. The molecule has 5 amide bonds. The maximum absolute atomic E-state index is 13.2. The number of imide groups is 2. The lowest BCUT2D eigenvalue weighted by molar-refractivity contribution is -0.135. The van der Waals surface area contributed by atoms with E-state index in [4.69, 9.17) is 4.74 Å². The molecule has 6 heterocycles. The number of amides is 5. The summed E-state index contributed by atoms with van der Waals surface area (Å²) < 4.78 is 5.52.